The standard InChI is InChI=1S/C58H94O9Si2.C46H66O10.2CO2.2O2S/c1-16-40-22-25-46-51(62-40)55-54-53(64-46)52-50(65-54)33-58(66-52,67-55)27-26-42-29-36(3)45(60-42)24-23-41-28-35(2)37(4)48(61-41)32-49-44(30-39-20-18-17-19-21-39)38(5)47(63-49)31-43(68(12,13)56(6,7)8)34-59-69(14,15)57(9,10)11;1-6-31-12-15-36-41(51-31)45-44-43(53-36)42-40(54-44)23-46(55-42,56-45)17-16-33-19-26(3)35(49-33)14-13-32-18-25(2)27(4)38(50-32)22-39-34(20-29-10-8-7-9-11-29)28(5)37(52-39)21-30(48)24-47;2*2-1-3;2*1-3-2/h17-21,35,38,40-55H,3-4,16,22-34H2,1-2,5-15H3;7-11,25,28,30-45,47-48H,3-4,6,12-24H2,1-2,5H3;;;;/t35-,38-,40+,41?,42?,43+,44-,45+,46+,47-,48-,49?,50-,51+,52+,53+,54-,55+,58+;25-,28-,30+,31+,32?,33?,34-,35+,36+,37-,38-,39?,40-,41+,42+,43+,44-,45+,46+;;;;/m11..../s1. The number of rotatable bonds is 31. The summed E-state index contributed by atoms with van der Waals surface area (Å²) in [7, 11) is -3.74. The summed E-state index contributed by atoms with van der Waals surface area (Å²) in [6.07, 6.45) is 22.5. The Balaban J connectivity index is 0.000000211. The van der Waals surface area contributed by atoms with E-state index in [1.807, 2.05) is 6.07 Å². The van der Waals surface area contributed by atoms with Gasteiger partial charge in [0.15, 0.2) is 19.9 Å². The quantitative estimate of drug-likeness (QED) is 0.0523. The van der Waals surface area contributed by atoms with Crippen molar-refractivity contribution in [2.75, 3.05) is 13.2 Å². The Hall–Kier alpha value is -4.53. The highest BCUT2D eigenvalue weighted by atomic mass is 32.1. The van der Waals surface area contributed by atoms with Gasteiger partial charge in [0.2, 0.25) is 0 Å². The summed E-state index contributed by atoms with van der Waals surface area (Å²) in [5.74, 6) is 0.635. The average Bonchev–Trinajstić information content (AvgIpc) is 1.55. The van der Waals surface area contributed by atoms with E-state index in [9.17, 15) is 10.2 Å². The summed E-state index contributed by atoms with van der Waals surface area (Å²) in [4.78, 5) is 32.5. The molecule has 766 valence electrons. The van der Waals surface area contributed by atoms with Crippen LogP contribution in [0.1, 0.15) is 248 Å². The molecule has 18 fully saturated rings. The molecule has 12 bridgehead atoms. The molecule has 2 aromatic rings. The van der Waals surface area contributed by atoms with Crippen LogP contribution >= 0.6 is 0 Å². The zero-order chi connectivity index (χ0) is 99.0. The van der Waals surface area contributed by atoms with Crippen LogP contribution in [0.25, 0.3) is 0 Å². The second-order valence-corrected chi connectivity index (χ2v) is 56.4. The van der Waals surface area contributed by atoms with Gasteiger partial charge in [-0.2, -0.15) is 36.0 Å². The van der Waals surface area contributed by atoms with Crippen LogP contribution in [0, 0.1) is 35.5 Å². The average molecular weight is 1990 g/mol. The molecular weight excluding hydrogens is 1830 g/mol. The van der Waals surface area contributed by atoms with Gasteiger partial charge in [0.1, 0.15) is 61.0 Å². The maximum Gasteiger partial charge on any atom is 0.373 e. The minimum absolute atomic E-state index is 0.00101. The zero-order valence-corrected chi connectivity index (χ0v) is 87.7. The van der Waals surface area contributed by atoms with E-state index >= 15 is 0 Å². The van der Waals surface area contributed by atoms with Crippen molar-refractivity contribution in [1.82, 2.24) is 0 Å². The van der Waals surface area contributed by atoms with E-state index in [1.165, 1.54) is 22.3 Å². The minimum Gasteiger partial charge on any atom is -0.417 e. The second kappa shape index (κ2) is 47.8. The number of hydrogen-bond donors (Lipinski definition) is 2. The number of aliphatic hydroxyl groups is 2. The second-order valence-electron chi connectivity index (χ2n) is 45.6. The summed E-state index contributed by atoms with van der Waals surface area (Å²) in [6, 6.07) is 21.7. The molecule has 0 aliphatic carbocycles. The SMILES string of the molecule is C=C1CC(CC[C@@]23C[C@H]4O[C@H]5[C@@H](O2)[C@H]2O[C@@H](CC)CC[C@@H]2O[C@H]5[C@H]4O3)O[C@H]1CCC1C[C@@H](C)C(=C)[C@@H](CC2O[C@H](C[C@@H](CO[Si](C)(C)C(C)(C)C)[Si](C)(C)C(C)(C)C)[C@H](C)[C@H]2Cc2ccccc2)O1.C=C1CC(CC[C@@]23C[C@H]4O[C@H]5[C@@H](O2)[C@H]2O[C@@H](CC)CC[C@@H]2O[C@H]5[C@H]4O3)O[C@H]1CCC1C[C@@H](C)C(=C)[C@@H](CC2O[C@H](C[C@H](O)CO)[C@H](C)[C@H]2Cc2ccccc2)O1.O=C=O.O=C=O.O=S=O.O=S=O. The summed E-state index contributed by atoms with van der Waals surface area (Å²) in [5.41, 5.74) is 7.88. The summed E-state index contributed by atoms with van der Waals surface area (Å²) in [6.45, 7) is 57.0. The first-order valence-corrected chi connectivity index (χ1v) is 58.7. The molecule has 18 aliphatic rings. The molecular formula is C106H160O27S2Si2. The summed E-state index contributed by atoms with van der Waals surface area (Å²) in [5, 5.41) is 20.3. The lowest BCUT2D eigenvalue weighted by atomic mass is 9.79. The zero-order valence-electron chi connectivity index (χ0n) is 84.1. The van der Waals surface area contributed by atoms with Crippen molar-refractivity contribution >= 4 is 51.8 Å². The highest BCUT2D eigenvalue weighted by Crippen LogP contribution is 2.59. The molecule has 2 N–H and O–H groups in total. The van der Waals surface area contributed by atoms with E-state index in [0.717, 1.165) is 178 Å². The third-order valence-electron chi connectivity index (χ3n) is 35.1. The molecule has 0 spiro atoms. The lowest BCUT2D eigenvalue weighted by Crippen LogP contribution is -2.61. The molecule has 18 heterocycles. The number of benzene rings is 2. The normalized spacial score (nSPS) is 40.7. The molecule has 6 unspecified atom stereocenters. The van der Waals surface area contributed by atoms with Gasteiger partial charge < -0.3 is 90.4 Å². The van der Waals surface area contributed by atoms with Crippen LogP contribution in [0.5, 0.6) is 0 Å². The predicted octanol–water partition coefficient (Wildman–Crippen LogP) is 16.8. The Kier molecular flexibility index (Phi) is 38.2. The molecule has 2 aromatic carbocycles. The Labute approximate surface area is 822 Å². The lowest BCUT2D eigenvalue weighted by Gasteiger charge is -2.47. The predicted molar refractivity (Wildman–Crippen MR) is 517 cm³/mol. The minimum atomic E-state index is -1.93. The van der Waals surface area contributed by atoms with Crippen LogP contribution in [-0.2, 0) is 135 Å². The highest BCUT2D eigenvalue weighted by Gasteiger charge is 2.71. The van der Waals surface area contributed by atoms with Crippen LogP contribution in [0.4, 0.5) is 0 Å². The Morgan fingerprint density at radius 1 is 0.453 bits per heavy atom. The first kappa shape index (κ1) is 110. The third-order valence-corrected chi connectivity index (χ3v) is 46.0. The largest absolute Gasteiger partial charge is 0.417 e. The molecule has 18 aliphatic heterocycles. The van der Waals surface area contributed by atoms with Crippen molar-refractivity contribution in [3.8, 4) is 0 Å². The molecule has 137 heavy (non-hydrogen) atoms. The molecule has 27 nitrogen and oxygen atoms in total. The van der Waals surface area contributed by atoms with Crippen LogP contribution in [0.3, 0.4) is 0 Å². The fourth-order valence-electron chi connectivity index (χ4n) is 25.0. The number of carbonyl (C=O) groups excluding carboxylic acids is 4. The fourth-order valence-corrected chi connectivity index (χ4v) is 28.8. The molecule has 31 heteroatoms. The lowest BCUT2D eigenvalue weighted by molar-refractivity contribution is -0.293. The van der Waals surface area contributed by atoms with Crippen molar-refractivity contribution in [1.29, 1.82) is 0 Å². The van der Waals surface area contributed by atoms with Gasteiger partial charge in [0.05, 0.1) is 131 Å². The van der Waals surface area contributed by atoms with Gasteiger partial charge in [-0.1, -0.05) is 183 Å². The van der Waals surface area contributed by atoms with Crippen molar-refractivity contribution in [3.05, 3.63) is 120 Å². The van der Waals surface area contributed by atoms with Crippen molar-refractivity contribution in [2.45, 2.75) is 480 Å². The monoisotopic (exact) mass is 1990 g/mol. The van der Waals surface area contributed by atoms with Gasteiger partial charge >= 0.3 is 35.4 Å². The smallest absolute Gasteiger partial charge is 0.373 e. The van der Waals surface area contributed by atoms with Gasteiger partial charge in [0, 0.05) is 51.6 Å². The summed E-state index contributed by atoms with van der Waals surface area (Å²) >= 11 is -1.50. The van der Waals surface area contributed by atoms with Crippen molar-refractivity contribution in [3.63, 3.8) is 0 Å². The maximum atomic E-state index is 10.3. The van der Waals surface area contributed by atoms with Crippen LogP contribution in [0.2, 0.25) is 41.8 Å². The van der Waals surface area contributed by atoms with E-state index in [4.69, 9.17) is 123 Å². The van der Waals surface area contributed by atoms with Crippen molar-refractivity contribution in [2.24, 2.45) is 35.5 Å². The van der Waals surface area contributed by atoms with Gasteiger partial charge in [-0.3, -0.25) is 0 Å². The first-order valence-electron chi connectivity index (χ1n) is 51.3. The highest BCUT2D eigenvalue weighted by molar-refractivity contribution is 7.52. The molecule has 0 radical (unpaired) electrons. The van der Waals surface area contributed by atoms with Gasteiger partial charge in [-0.15, -0.1) is 0 Å². The topological polar surface area (TPSA) is 334 Å². The molecule has 0 aromatic heterocycles. The van der Waals surface area contributed by atoms with Crippen LogP contribution in [-0.4, -0.2) is 258 Å². The Morgan fingerprint density at radius 2 is 0.825 bits per heavy atom. The van der Waals surface area contributed by atoms with E-state index in [-0.39, 0.29) is 212 Å². The molecule has 0 saturated carbocycles. The number of aliphatic hydroxyl groups excluding tert-OH is 2. The third kappa shape index (κ3) is 25.6. The molecule has 18 saturated heterocycles. The molecule has 38 atom stereocenters. The van der Waals surface area contributed by atoms with E-state index in [2.05, 4.69) is 184 Å². The first-order chi connectivity index (χ1) is 65.2. The van der Waals surface area contributed by atoms with Crippen LogP contribution in [0.15, 0.2) is 109 Å². The maximum absolute atomic E-state index is 10.3. The number of hydrogen-bond acceptors (Lipinski definition) is 27. The Bertz CT molecular complexity index is 4390. The fraction of sp³-hybridized carbons (Fsp3) is 0.792. The van der Waals surface area contributed by atoms with Gasteiger partial charge in [-0.05, 0) is 220 Å². The van der Waals surface area contributed by atoms with Gasteiger partial charge in [0.25, 0.3) is 0 Å². The number of fused-ring (bicyclic) bond motifs is 2. The number of ether oxygens (including phenoxy) is 16. The van der Waals surface area contributed by atoms with Crippen molar-refractivity contribution < 1.29 is 126 Å². The summed E-state index contributed by atoms with van der Waals surface area (Å²) < 4.78 is 149. The van der Waals surface area contributed by atoms with E-state index < -0.39 is 57.2 Å². The van der Waals surface area contributed by atoms with E-state index in [0.29, 0.717) is 35.6 Å². The Morgan fingerprint density at radius 3 is 1.20 bits per heavy atom. The molecule has 20 rings (SSSR count). The van der Waals surface area contributed by atoms with Gasteiger partial charge in [-0.25, -0.2) is 0 Å². The molecule has 0 amide bonds. The van der Waals surface area contributed by atoms with Crippen LogP contribution < -0.4 is 0 Å². The van der Waals surface area contributed by atoms with E-state index in [1.54, 1.807) is 0 Å².